The highest BCUT2D eigenvalue weighted by atomic mass is 35.5. The normalized spacial score (nSPS) is 27.1. The van der Waals surface area contributed by atoms with Gasteiger partial charge in [-0.15, -0.1) is 11.8 Å². The lowest BCUT2D eigenvalue weighted by atomic mass is 9.88. The molecular formula is C21H26ClN3O2S. The summed E-state index contributed by atoms with van der Waals surface area (Å²) < 4.78 is 5.75. The van der Waals surface area contributed by atoms with Gasteiger partial charge in [0.15, 0.2) is 0 Å². The molecule has 1 aromatic carbocycles. The molecule has 1 amide bonds. The van der Waals surface area contributed by atoms with Gasteiger partial charge in [0.25, 0.3) is 0 Å². The molecule has 7 heteroatoms. The van der Waals surface area contributed by atoms with Crippen LogP contribution in [0, 0.1) is 0 Å². The van der Waals surface area contributed by atoms with Crippen LogP contribution in [0.2, 0.25) is 5.02 Å². The summed E-state index contributed by atoms with van der Waals surface area (Å²) in [4.78, 5) is 17.2. The molecule has 0 radical (unpaired) electrons. The van der Waals surface area contributed by atoms with E-state index in [1.54, 1.807) is 0 Å². The first kappa shape index (κ1) is 18.8. The van der Waals surface area contributed by atoms with Crippen molar-refractivity contribution in [2.75, 3.05) is 37.8 Å². The van der Waals surface area contributed by atoms with E-state index >= 15 is 0 Å². The number of nitrogens with one attached hydrogen (secondary N) is 1. The first-order valence-electron chi connectivity index (χ1n) is 10.2. The molecule has 4 heterocycles. The molecule has 0 bridgehead atoms. The van der Waals surface area contributed by atoms with Crippen molar-refractivity contribution in [2.24, 2.45) is 0 Å². The second-order valence-corrected chi connectivity index (χ2v) is 9.64. The minimum absolute atomic E-state index is 0.00128. The highest BCUT2D eigenvalue weighted by Crippen LogP contribution is 2.36. The van der Waals surface area contributed by atoms with Gasteiger partial charge in [-0.3, -0.25) is 9.69 Å². The Labute approximate surface area is 174 Å². The summed E-state index contributed by atoms with van der Waals surface area (Å²) in [5.74, 6) is 2.74. The molecule has 2 aromatic rings. The fraction of sp³-hybridized carbons (Fsp3) is 0.571. The molecular weight excluding hydrogens is 394 g/mol. The summed E-state index contributed by atoms with van der Waals surface area (Å²) in [6.07, 6.45) is 5.11. The Morgan fingerprint density at radius 1 is 1.25 bits per heavy atom. The van der Waals surface area contributed by atoms with Gasteiger partial charge < -0.3 is 14.6 Å². The third-order valence-corrected chi connectivity index (χ3v) is 7.72. The van der Waals surface area contributed by atoms with Crippen molar-refractivity contribution in [2.45, 2.75) is 37.3 Å². The standard InChI is InChI=1S/C21H26ClN3O2S/c22-15-1-2-20-17(9-15)18(12-27-20)14-3-5-24(6-4-14)16-10-19(23-11-16)21(26)25-7-8-28-13-25/h1-2,9,12,14,16,19,23H,3-8,10-11,13H2/t16-,19-/m0/s1. The number of benzene rings is 1. The van der Waals surface area contributed by atoms with Crippen LogP contribution in [-0.2, 0) is 4.79 Å². The van der Waals surface area contributed by atoms with Gasteiger partial charge in [0.05, 0.1) is 18.2 Å². The number of rotatable bonds is 3. The molecule has 28 heavy (non-hydrogen) atoms. The molecule has 3 saturated heterocycles. The summed E-state index contributed by atoms with van der Waals surface area (Å²) in [5, 5.41) is 5.39. The lowest BCUT2D eigenvalue weighted by Crippen LogP contribution is -2.42. The highest BCUT2D eigenvalue weighted by molar-refractivity contribution is 7.99. The molecule has 0 unspecified atom stereocenters. The largest absolute Gasteiger partial charge is 0.464 e. The minimum atomic E-state index is 0.00128. The third kappa shape index (κ3) is 3.56. The van der Waals surface area contributed by atoms with Crippen molar-refractivity contribution in [3.05, 3.63) is 35.0 Å². The molecule has 3 fully saturated rings. The SMILES string of the molecule is O=C([C@@H]1C[C@H](N2CCC(c3coc4ccc(Cl)cc34)CC2)CN1)N1CCSC1. The van der Waals surface area contributed by atoms with Crippen molar-refractivity contribution in [3.8, 4) is 0 Å². The van der Waals surface area contributed by atoms with E-state index in [0.29, 0.717) is 17.9 Å². The maximum absolute atomic E-state index is 12.6. The average Bonchev–Trinajstić information content (AvgIpc) is 3.47. The predicted octanol–water partition coefficient (Wildman–Crippen LogP) is 3.53. The van der Waals surface area contributed by atoms with Crippen molar-refractivity contribution in [1.29, 1.82) is 0 Å². The Morgan fingerprint density at radius 2 is 2.11 bits per heavy atom. The Kier molecular flexibility index (Phi) is 5.30. The summed E-state index contributed by atoms with van der Waals surface area (Å²) in [5.41, 5.74) is 2.21. The summed E-state index contributed by atoms with van der Waals surface area (Å²) in [6, 6.07) is 6.33. The molecule has 0 saturated carbocycles. The van der Waals surface area contributed by atoms with Crippen LogP contribution >= 0.6 is 23.4 Å². The molecule has 150 valence electrons. The van der Waals surface area contributed by atoms with E-state index in [-0.39, 0.29) is 6.04 Å². The Morgan fingerprint density at radius 3 is 2.89 bits per heavy atom. The third-order valence-electron chi connectivity index (χ3n) is 6.52. The number of nitrogens with zero attached hydrogens (tertiary/aromatic N) is 2. The first-order valence-corrected chi connectivity index (χ1v) is 11.7. The van der Waals surface area contributed by atoms with Crippen LogP contribution in [0.15, 0.2) is 28.9 Å². The van der Waals surface area contributed by atoms with E-state index in [0.717, 1.165) is 73.1 Å². The van der Waals surface area contributed by atoms with Crippen molar-refractivity contribution in [3.63, 3.8) is 0 Å². The fourth-order valence-corrected chi connectivity index (χ4v) is 6.03. The van der Waals surface area contributed by atoms with E-state index in [1.807, 2.05) is 41.1 Å². The number of fused-ring (bicyclic) bond motifs is 1. The summed E-state index contributed by atoms with van der Waals surface area (Å²) in [7, 11) is 0. The number of hydrogen-bond donors (Lipinski definition) is 1. The Bertz CT molecular complexity index is 858. The van der Waals surface area contributed by atoms with Gasteiger partial charge in [0.2, 0.25) is 5.91 Å². The zero-order valence-corrected chi connectivity index (χ0v) is 17.5. The van der Waals surface area contributed by atoms with Gasteiger partial charge in [0.1, 0.15) is 5.58 Å². The molecule has 5 nitrogen and oxygen atoms in total. The fourth-order valence-electron chi connectivity index (χ4n) is 4.90. The smallest absolute Gasteiger partial charge is 0.240 e. The van der Waals surface area contributed by atoms with Crippen LogP contribution in [-0.4, -0.2) is 65.6 Å². The minimum Gasteiger partial charge on any atom is -0.464 e. The van der Waals surface area contributed by atoms with Gasteiger partial charge in [-0.2, -0.15) is 0 Å². The molecule has 1 N–H and O–H groups in total. The van der Waals surface area contributed by atoms with Crippen LogP contribution in [0.5, 0.6) is 0 Å². The molecule has 1 aromatic heterocycles. The number of furan rings is 1. The molecule has 3 aliphatic rings. The van der Waals surface area contributed by atoms with E-state index < -0.39 is 0 Å². The predicted molar refractivity (Wildman–Crippen MR) is 114 cm³/mol. The van der Waals surface area contributed by atoms with Gasteiger partial charge >= 0.3 is 0 Å². The monoisotopic (exact) mass is 419 g/mol. The lowest BCUT2D eigenvalue weighted by Gasteiger charge is -2.35. The van der Waals surface area contributed by atoms with Crippen molar-refractivity contribution < 1.29 is 9.21 Å². The number of piperidine rings is 1. The quantitative estimate of drug-likeness (QED) is 0.824. The number of amides is 1. The van der Waals surface area contributed by atoms with E-state index in [9.17, 15) is 4.79 Å². The first-order chi connectivity index (χ1) is 13.7. The molecule has 2 atom stereocenters. The zero-order valence-electron chi connectivity index (χ0n) is 15.9. The second-order valence-electron chi connectivity index (χ2n) is 8.13. The van der Waals surface area contributed by atoms with E-state index in [4.69, 9.17) is 16.0 Å². The number of hydrogen-bond acceptors (Lipinski definition) is 5. The molecule has 5 rings (SSSR count). The summed E-state index contributed by atoms with van der Waals surface area (Å²) >= 11 is 8.04. The number of carbonyl (C=O) groups is 1. The van der Waals surface area contributed by atoms with Gasteiger partial charge in [-0.1, -0.05) is 11.6 Å². The molecule has 0 aliphatic carbocycles. The van der Waals surface area contributed by atoms with Crippen LogP contribution in [0.1, 0.15) is 30.7 Å². The number of halogens is 1. The van der Waals surface area contributed by atoms with Gasteiger partial charge in [-0.25, -0.2) is 0 Å². The van der Waals surface area contributed by atoms with Crippen LogP contribution < -0.4 is 5.32 Å². The number of likely N-dealkylation sites (tertiary alicyclic amines) is 1. The van der Waals surface area contributed by atoms with Crippen molar-refractivity contribution in [1.82, 2.24) is 15.1 Å². The van der Waals surface area contributed by atoms with Gasteiger partial charge in [-0.05, 0) is 56.5 Å². The van der Waals surface area contributed by atoms with E-state index in [1.165, 1.54) is 5.56 Å². The number of thioether (sulfide) groups is 1. The summed E-state index contributed by atoms with van der Waals surface area (Å²) in [6.45, 7) is 3.97. The maximum atomic E-state index is 12.6. The topological polar surface area (TPSA) is 48.7 Å². The van der Waals surface area contributed by atoms with Crippen LogP contribution in [0.25, 0.3) is 11.0 Å². The van der Waals surface area contributed by atoms with Gasteiger partial charge in [0, 0.05) is 40.9 Å². The number of carbonyl (C=O) groups excluding carboxylic acids is 1. The van der Waals surface area contributed by atoms with Crippen molar-refractivity contribution >= 4 is 40.2 Å². The lowest BCUT2D eigenvalue weighted by molar-refractivity contribution is -0.131. The zero-order chi connectivity index (χ0) is 19.1. The molecule has 3 aliphatic heterocycles. The molecule has 0 spiro atoms. The Balaban J connectivity index is 1.19. The average molecular weight is 420 g/mol. The van der Waals surface area contributed by atoms with Crippen LogP contribution in [0.3, 0.4) is 0 Å². The van der Waals surface area contributed by atoms with Crippen LogP contribution in [0.4, 0.5) is 0 Å². The second kappa shape index (κ2) is 7.90. The maximum Gasteiger partial charge on any atom is 0.240 e. The van der Waals surface area contributed by atoms with E-state index in [2.05, 4.69) is 10.2 Å². The highest BCUT2D eigenvalue weighted by Gasteiger charge is 2.37. The Hall–Kier alpha value is -1.21.